The van der Waals surface area contributed by atoms with Gasteiger partial charge in [-0.05, 0) is 58.1 Å². The molecule has 1 aliphatic rings. The van der Waals surface area contributed by atoms with Gasteiger partial charge in [0.1, 0.15) is 30.3 Å². The number of esters is 1. The van der Waals surface area contributed by atoms with Crippen molar-refractivity contribution in [3.05, 3.63) is 54.1 Å². The fourth-order valence-corrected chi connectivity index (χ4v) is 5.10. The van der Waals surface area contributed by atoms with Gasteiger partial charge < -0.3 is 24.6 Å². The molecule has 1 N–H and O–H groups in total. The average molecular weight is 631 g/mol. The third-order valence-corrected chi connectivity index (χ3v) is 7.74. The van der Waals surface area contributed by atoms with Crippen molar-refractivity contribution in [1.82, 2.24) is 34.2 Å². The van der Waals surface area contributed by atoms with Crippen LogP contribution in [0.2, 0.25) is 5.02 Å². The Morgan fingerprint density at radius 3 is 2.70 bits per heavy atom. The van der Waals surface area contributed by atoms with Gasteiger partial charge >= 0.3 is 12.6 Å². The second-order valence-electron chi connectivity index (χ2n) is 11.1. The van der Waals surface area contributed by atoms with Crippen LogP contribution in [0.25, 0.3) is 16.9 Å². The van der Waals surface area contributed by atoms with Crippen molar-refractivity contribution in [2.45, 2.75) is 32.9 Å². The number of ether oxygens (including phenoxy) is 2. The van der Waals surface area contributed by atoms with Crippen LogP contribution >= 0.6 is 11.6 Å². The molecule has 1 amide bonds. The molecule has 44 heavy (non-hydrogen) atoms. The highest BCUT2D eigenvalue weighted by molar-refractivity contribution is 6.31. The van der Waals surface area contributed by atoms with Crippen molar-refractivity contribution in [2.75, 3.05) is 45.7 Å². The van der Waals surface area contributed by atoms with Gasteiger partial charge in [0.2, 0.25) is 5.91 Å². The Bertz CT molecular complexity index is 1630. The van der Waals surface area contributed by atoms with E-state index in [0.717, 1.165) is 0 Å². The maximum Gasteiger partial charge on any atom is 0.387 e. The van der Waals surface area contributed by atoms with Crippen molar-refractivity contribution in [3.63, 3.8) is 0 Å². The van der Waals surface area contributed by atoms with E-state index < -0.39 is 12.0 Å². The molecule has 3 aromatic heterocycles. The van der Waals surface area contributed by atoms with Gasteiger partial charge in [0.25, 0.3) is 0 Å². The number of halogens is 3. The Morgan fingerprint density at radius 2 is 1.98 bits per heavy atom. The molecule has 0 spiro atoms. The largest absolute Gasteiger partial charge is 0.464 e. The van der Waals surface area contributed by atoms with Crippen LogP contribution in [0.5, 0.6) is 5.75 Å². The number of fused-ring (bicyclic) bond motifs is 1. The van der Waals surface area contributed by atoms with Crippen LogP contribution in [0.15, 0.2) is 49.1 Å². The lowest BCUT2D eigenvalue weighted by Gasteiger charge is -2.37. The predicted octanol–water partition coefficient (Wildman–Crippen LogP) is 4.32. The quantitative estimate of drug-likeness (QED) is 0.242. The average Bonchev–Trinajstić information content (AvgIpc) is 3.57. The van der Waals surface area contributed by atoms with Crippen molar-refractivity contribution >= 4 is 40.5 Å². The number of carbonyl (C=O) groups is 2. The topological polar surface area (TPSA) is 119 Å². The Kier molecular flexibility index (Phi) is 9.30. The third-order valence-electron chi connectivity index (χ3n) is 7.50. The number of hydrogen-bond acceptors (Lipinski definition) is 9. The smallest absolute Gasteiger partial charge is 0.387 e. The fraction of sp³-hybridized carbons (Fsp3) is 0.414. The summed E-state index contributed by atoms with van der Waals surface area (Å²) in [6, 6.07) is 5.98. The van der Waals surface area contributed by atoms with E-state index in [4.69, 9.17) is 21.1 Å². The van der Waals surface area contributed by atoms with E-state index in [2.05, 4.69) is 20.5 Å². The van der Waals surface area contributed by atoms with E-state index in [1.807, 2.05) is 25.9 Å². The Hall–Kier alpha value is -4.30. The molecule has 15 heteroatoms. The van der Waals surface area contributed by atoms with E-state index in [1.165, 1.54) is 22.9 Å². The van der Waals surface area contributed by atoms with Crippen LogP contribution in [0, 0.1) is 5.41 Å². The number of piperidine rings is 1. The molecule has 1 saturated heterocycles. The summed E-state index contributed by atoms with van der Waals surface area (Å²) in [5.74, 6) is -0.597. The zero-order chi connectivity index (χ0) is 31.4. The zero-order valence-electron chi connectivity index (χ0n) is 24.5. The maximum atomic E-state index is 13.4. The van der Waals surface area contributed by atoms with Crippen LogP contribution in [-0.4, -0.2) is 93.0 Å². The lowest BCUT2D eigenvalue weighted by molar-refractivity contribution is -0.159. The zero-order valence-corrected chi connectivity index (χ0v) is 25.3. The molecular weight excluding hydrogens is 598 g/mol. The third kappa shape index (κ3) is 7.08. The number of likely N-dealkylation sites (N-methyl/N-ethyl adjacent to an activating group) is 1. The first-order valence-electron chi connectivity index (χ1n) is 14.0. The number of aromatic nitrogens is 5. The summed E-state index contributed by atoms with van der Waals surface area (Å²) in [5.41, 5.74) is 1.22. The van der Waals surface area contributed by atoms with Crippen LogP contribution in [0.4, 0.5) is 20.2 Å². The molecule has 234 valence electrons. The lowest BCUT2D eigenvalue weighted by atomic mass is 9.80. The number of benzene rings is 1. The van der Waals surface area contributed by atoms with Gasteiger partial charge in [0.15, 0.2) is 5.65 Å². The first kappa shape index (κ1) is 31.1. The number of amides is 1. The second kappa shape index (κ2) is 13.1. The number of hydrogen-bond donors (Lipinski definition) is 1. The fourth-order valence-electron chi connectivity index (χ4n) is 4.93. The van der Waals surface area contributed by atoms with Crippen molar-refractivity contribution in [3.8, 4) is 17.0 Å². The van der Waals surface area contributed by atoms with Gasteiger partial charge in [0, 0.05) is 48.8 Å². The first-order chi connectivity index (χ1) is 21.0. The molecule has 4 aromatic rings. The predicted molar refractivity (Wildman–Crippen MR) is 159 cm³/mol. The monoisotopic (exact) mass is 630 g/mol. The van der Waals surface area contributed by atoms with Crippen LogP contribution < -0.4 is 10.1 Å². The Labute approximate surface area is 257 Å². The first-order valence-corrected chi connectivity index (χ1v) is 14.4. The molecule has 0 atom stereocenters. The number of nitrogens with zero attached hydrogens (tertiary/aromatic N) is 7. The van der Waals surface area contributed by atoms with E-state index in [-0.39, 0.29) is 40.5 Å². The SMILES string of the molecule is CN(C)CCOC(=O)C1(C)CCN(C(=O)Cn2cc(Nc3cnn4cccnc34)c(-c3cc(Cl)ccc3OC(F)F)n2)CC1. The van der Waals surface area contributed by atoms with Crippen LogP contribution in [0.3, 0.4) is 0 Å². The van der Waals surface area contributed by atoms with Crippen molar-refractivity contribution < 1.29 is 27.8 Å². The van der Waals surface area contributed by atoms with Gasteiger partial charge in [-0.2, -0.15) is 19.0 Å². The number of likely N-dealkylation sites (tertiary alicyclic amines) is 1. The number of carbonyl (C=O) groups excluding carboxylic acids is 2. The van der Waals surface area contributed by atoms with E-state index >= 15 is 0 Å². The minimum Gasteiger partial charge on any atom is -0.464 e. The molecule has 1 aromatic carbocycles. The highest BCUT2D eigenvalue weighted by atomic mass is 35.5. The highest BCUT2D eigenvalue weighted by Gasteiger charge is 2.39. The normalized spacial score (nSPS) is 14.8. The van der Waals surface area contributed by atoms with Crippen LogP contribution in [0.1, 0.15) is 19.8 Å². The minimum atomic E-state index is -3.08. The summed E-state index contributed by atoms with van der Waals surface area (Å²) in [5, 5.41) is 12.4. The number of nitrogens with one attached hydrogen (secondary N) is 1. The van der Waals surface area contributed by atoms with E-state index in [9.17, 15) is 18.4 Å². The molecule has 0 saturated carbocycles. The molecule has 0 unspecified atom stereocenters. The Balaban J connectivity index is 1.37. The number of anilines is 2. The maximum absolute atomic E-state index is 13.4. The summed E-state index contributed by atoms with van der Waals surface area (Å²) in [4.78, 5) is 34.1. The molecule has 4 heterocycles. The number of alkyl halides is 2. The molecule has 0 aliphatic carbocycles. The second-order valence-corrected chi connectivity index (χ2v) is 11.5. The standard InChI is InChI=1S/C29H33ClF2N8O4/c1-29(27(42)43-14-13-37(2)3)7-11-38(12-8-29)24(41)18-39-17-22(35-21-16-34-40-10-4-9-33-26(21)40)25(36-39)20-15-19(30)5-6-23(20)44-28(31)32/h4-6,9-10,15-17,28,35H,7-8,11-14,18H2,1-3H3. The summed E-state index contributed by atoms with van der Waals surface area (Å²) in [7, 11) is 3.81. The van der Waals surface area contributed by atoms with Gasteiger partial charge in [-0.25, -0.2) is 9.50 Å². The van der Waals surface area contributed by atoms with Crippen LogP contribution in [-0.2, 0) is 20.9 Å². The van der Waals surface area contributed by atoms with E-state index in [1.54, 1.807) is 40.3 Å². The molecular formula is C29H33ClF2N8O4. The molecule has 5 rings (SSSR count). The van der Waals surface area contributed by atoms with Crippen molar-refractivity contribution in [1.29, 1.82) is 0 Å². The van der Waals surface area contributed by atoms with Gasteiger partial charge in [0.05, 0.1) is 17.3 Å². The van der Waals surface area contributed by atoms with Crippen molar-refractivity contribution in [2.24, 2.45) is 5.41 Å². The minimum absolute atomic E-state index is 0.128. The van der Waals surface area contributed by atoms with Gasteiger partial charge in [-0.15, -0.1) is 0 Å². The molecule has 12 nitrogen and oxygen atoms in total. The molecule has 1 fully saturated rings. The summed E-state index contributed by atoms with van der Waals surface area (Å²) in [6.45, 7) is 0.367. The highest BCUT2D eigenvalue weighted by Crippen LogP contribution is 2.38. The molecule has 1 aliphatic heterocycles. The summed E-state index contributed by atoms with van der Waals surface area (Å²) < 4.78 is 39.8. The van der Waals surface area contributed by atoms with E-state index in [0.29, 0.717) is 56.1 Å². The summed E-state index contributed by atoms with van der Waals surface area (Å²) >= 11 is 6.24. The van der Waals surface area contributed by atoms with Gasteiger partial charge in [-0.3, -0.25) is 14.3 Å². The molecule has 0 radical (unpaired) electrons. The summed E-state index contributed by atoms with van der Waals surface area (Å²) in [6.07, 6.45) is 7.45. The Morgan fingerprint density at radius 1 is 1.20 bits per heavy atom. The van der Waals surface area contributed by atoms with Gasteiger partial charge in [-0.1, -0.05) is 11.6 Å². The lowest BCUT2D eigenvalue weighted by Crippen LogP contribution is -2.46. The number of rotatable bonds is 11. The molecule has 0 bridgehead atoms.